The Morgan fingerprint density at radius 3 is 1.00 bits per heavy atom. The number of rotatable bonds is 31. The largest absolute Gasteiger partial charge is 0.491 e. The second kappa shape index (κ2) is 30.1. The third-order valence-electron chi connectivity index (χ3n) is 4.75. The molecular formula is C28H48O12. The number of esters is 1. The van der Waals surface area contributed by atoms with E-state index in [9.17, 15) is 4.79 Å². The number of benzene rings is 1. The third-order valence-corrected chi connectivity index (χ3v) is 4.75. The zero-order chi connectivity index (χ0) is 28.6. The SMILES string of the molecule is CC(=O)OCCOCCOCCOCCOCCOCCOCCOCCOCCOCCOc1ccccc1. The van der Waals surface area contributed by atoms with Crippen LogP contribution in [-0.2, 0) is 52.2 Å². The second-order valence-electron chi connectivity index (χ2n) is 8.01. The van der Waals surface area contributed by atoms with E-state index in [4.69, 9.17) is 52.1 Å². The maximum Gasteiger partial charge on any atom is 0.302 e. The molecule has 0 heterocycles. The molecule has 0 radical (unpaired) electrons. The van der Waals surface area contributed by atoms with Gasteiger partial charge in [-0.05, 0) is 12.1 Å². The molecule has 0 atom stereocenters. The van der Waals surface area contributed by atoms with Crippen LogP contribution < -0.4 is 4.74 Å². The van der Waals surface area contributed by atoms with Crippen molar-refractivity contribution in [2.45, 2.75) is 6.92 Å². The number of ether oxygens (including phenoxy) is 11. The molecule has 12 nitrogen and oxygen atoms in total. The minimum atomic E-state index is -0.310. The average molecular weight is 577 g/mol. The maximum atomic E-state index is 10.6. The first kappa shape index (κ1) is 36.2. The Hall–Kier alpha value is -1.87. The van der Waals surface area contributed by atoms with Gasteiger partial charge in [0.15, 0.2) is 0 Å². The topological polar surface area (TPSA) is 119 Å². The zero-order valence-corrected chi connectivity index (χ0v) is 23.9. The molecule has 1 aromatic carbocycles. The molecule has 0 saturated carbocycles. The summed E-state index contributed by atoms with van der Waals surface area (Å²) in [6.45, 7) is 11.0. The lowest BCUT2D eigenvalue weighted by Crippen LogP contribution is -2.15. The van der Waals surface area contributed by atoms with Crippen LogP contribution in [0.2, 0.25) is 0 Å². The number of carbonyl (C=O) groups excluding carboxylic acids is 1. The van der Waals surface area contributed by atoms with Crippen molar-refractivity contribution in [2.24, 2.45) is 0 Å². The summed E-state index contributed by atoms with van der Waals surface area (Å²) < 4.78 is 59.1. The fraction of sp³-hybridized carbons (Fsp3) is 0.750. The average Bonchev–Trinajstić information content (AvgIpc) is 2.96. The first-order valence-corrected chi connectivity index (χ1v) is 13.8. The highest BCUT2D eigenvalue weighted by Crippen LogP contribution is 2.07. The Morgan fingerprint density at radius 1 is 0.425 bits per heavy atom. The van der Waals surface area contributed by atoms with E-state index >= 15 is 0 Å². The lowest BCUT2D eigenvalue weighted by molar-refractivity contribution is -0.142. The summed E-state index contributed by atoms with van der Waals surface area (Å²) in [6.07, 6.45) is 0. The molecule has 1 rings (SSSR count). The predicted molar refractivity (Wildman–Crippen MR) is 146 cm³/mol. The van der Waals surface area contributed by atoms with Crippen LogP contribution in [0.15, 0.2) is 30.3 Å². The molecule has 0 fully saturated rings. The van der Waals surface area contributed by atoms with Crippen LogP contribution in [0.25, 0.3) is 0 Å². The van der Waals surface area contributed by atoms with Crippen molar-refractivity contribution in [3.05, 3.63) is 30.3 Å². The van der Waals surface area contributed by atoms with E-state index in [1.54, 1.807) is 0 Å². The van der Waals surface area contributed by atoms with E-state index in [1.165, 1.54) is 6.92 Å². The molecular weight excluding hydrogens is 528 g/mol. The van der Waals surface area contributed by atoms with E-state index in [-0.39, 0.29) is 12.6 Å². The lowest BCUT2D eigenvalue weighted by Gasteiger charge is -2.09. The van der Waals surface area contributed by atoms with Crippen LogP contribution in [0, 0.1) is 0 Å². The van der Waals surface area contributed by atoms with Gasteiger partial charge in [0.05, 0.1) is 119 Å². The van der Waals surface area contributed by atoms with Crippen LogP contribution in [-0.4, -0.2) is 138 Å². The molecule has 0 bridgehead atoms. The molecule has 1 aromatic rings. The van der Waals surface area contributed by atoms with Gasteiger partial charge >= 0.3 is 5.97 Å². The summed E-state index contributed by atoms with van der Waals surface area (Å²) in [5.41, 5.74) is 0. The van der Waals surface area contributed by atoms with Crippen molar-refractivity contribution in [3.63, 3.8) is 0 Å². The van der Waals surface area contributed by atoms with Crippen molar-refractivity contribution in [3.8, 4) is 5.75 Å². The monoisotopic (exact) mass is 576 g/mol. The van der Waals surface area contributed by atoms with Crippen LogP contribution in [0.5, 0.6) is 5.75 Å². The van der Waals surface area contributed by atoms with Gasteiger partial charge in [-0.2, -0.15) is 0 Å². The van der Waals surface area contributed by atoms with Crippen molar-refractivity contribution < 1.29 is 56.9 Å². The minimum Gasteiger partial charge on any atom is -0.491 e. The first-order valence-electron chi connectivity index (χ1n) is 13.8. The van der Waals surface area contributed by atoms with Gasteiger partial charge < -0.3 is 52.1 Å². The van der Waals surface area contributed by atoms with Crippen LogP contribution >= 0.6 is 0 Å². The van der Waals surface area contributed by atoms with Gasteiger partial charge in [-0.25, -0.2) is 0 Å². The van der Waals surface area contributed by atoms with E-state index < -0.39 is 0 Å². The Labute approximate surface area is 238 Å². The van der Waals surface area contributed by atoms with Gasteiger partial charge in [0, 0.05) is 6.92 Å². The predicted octanol–water partition coefficient (Wildman–Crippen LogP) is 1.78. The van der Waals surface area contributed by atoms with Crippen LogP contribution in [0.3, 0.4) is 0 Å². The molecule has 232 valence electrons. The molecule has 0 saturated heterocycles. The highest BCUT2D eigenvalue weighted by atomic mass is 16.6. The second-order valence-corrected chi connectivity index (χ2v) is 8.01. The highest BCUT2D eigenvalue weighted by Gasteiger charge is 1.97. The van der Waals surface area contributed by atoms with E-state index in [0.29, 0.717) is 126 Å². The zero-order valence-electron chi connectivity index (χ0n) is 23.9. The quantitative estimate of drug-likeness (QED) is 0.0947. The van der Waals surface area contributed by atoms with E-state index in [2.05, 4.69) is 0 Å². The lowest BCUT2D eigenvalue weighted by atomic mass is 10.3. The molecule has 0 amide bonds. The molecule has 0 aromatic heterocycles. The number of hydrogen-bond donors (Lipinski definition) is 0. The fourth-order valence-electron chi connectivity index (χ4n) is 2.84. The van der Waals surface area contributed by atoms with Gasteiger partial charge in [-0.15, -0.1) is 0 Å². The molecule has 12 heteroatoms. The first-order chi connectivity index (χ1) is 19.8. The van der Waals surface area contributed by atoms with Crippen molar-refractivity contribution >= 4 is 5.97 Å². The van der Waals surface area contributed by atoms with Crippen molar-refractivity contribution in [2.75, 3.05) is 132 Å². The molecule has 0 aliphatic rings. The Kier molecular flexibility index (Phi) is 27.2. The van der Waals surface area contributed by atoms with Gasteiger partial charge in [0.2, 0.25) is 0 Å². The van der Waals surface area contributed by atoms with Crippen molar-refractivity contribution in [1.29, 1.82) is 0 Å². The summed E-state index contributed by atoms with van der Waals surface area (Å²) in [5, 5.41) is 0. The van der Waals surface area contributed by atoms with Gasteiger partial charge in [0.25, 0.3) is 0 Å². The summed E-state index contributed by atoms with van der Waals surface area (Å²) >= 11 is 0. The van der Waals surface area contributed by atoms with Gasteiger partial charge in [0.1, 0.15) is 19.0 Å². The van der Waals surface area contributed by atoms with Gasteiger partial charge in [-0.3, -0.25) is 4.79 Å². The summed E-state index contributed by atoms with van der Waals surface area (Å²) in [7, 11) is 0. The number of hydrogen-bond acceptors (Lipinski definition) is 12. The normalized spacial score (nSPS) is 11.1. The maximum absolute atomic E-state index is 10.6. The van der Waals surface area contributed by atoms with Gasteiger partial charge in [-0.1, -0.05) is 18.2 Å². The summed E-state index contributed by atoms with van der Waals surface area (Å²) in [6, 6.07) is 9.66. The molecule has 0 unspecified atom stereocenters. The van der Waals surface area contributed by atoms with Crippen molar-refractivity contribution in [1.82, 2.24) is 0 Å². The molecule has 0 aliphatic carbocycles. The van der Waals surface area contributed by atoms with E-state index in [0.717, 1.165) is 5.75 Å². The highest BCUT2D eigenvalue weighted by molar-refractivity contribution is 5.65. The summed E-state index contributed by atoms with van der Waals surface area (Å²) in [4.78, 5) is 10.6. The third kappa shape index (κ3) is 27.7. The van der Waals surface area contributed by atoms with E-state index in [1.807, 2.05) is 30.3 Å². The van der Waals surface area contributed by atoms with Crippen LogP contribution in [0.1, 0.15) is 6.92 Å². The Morgan fingerprint density at radius 2 is 0.700 bits per heavy atom. The Balaban J connectivity index is 1.62. The smallest absolute Gasteiger partial charge is 0.302 e. The standard InChI is InChI=1S/C28H48O12/c1-27(29)39-25-23-37-21-19-35-17-15-33-13-11-31-9-7-30-8-10-32-12-14-34-16-18-36-20-22-38-24-26-40-28-5-3-2-4-6-28/h2-6H,7-26H2,1H3. The Bertz CT molecular complexity index is 649. The molecule has 0 spiro atoms. The minimum absolute atomic E-state index is 0.260. The fourth-order valence-corrected chi connectivity index (χ4v) is 2.84. The molecule has 0 N–H and O–H groups in total. The number of carbonyl (C=O) groups is 1. The molecule has 40 heavy (non-hydrogen) atoms. The summed E-state index contributed by atoms with van der Waals surface area (Å²) in [5.74, 6) is 0.532. The number of para-hydroxylation sites is 1. The molecule has 0 aliphatic heterocycles. The van der Waals surface area contributed by atoms with Crippen LogP contribution in [0.4, 0.5) is 0 Å².